The molecule has 0 aliphatic heterocycles. The Kier molecular flexibility index (Phi) is 10.8. The van der Waals surface area contributed by atoms with Gasteiger partial charge in [-0.1, -0.05) is 31.8 Å². The Morgan fingerprint density at radius 1 is 0.933 bits per heavy atom. The lowest BCUT2D eigenvalue weighted by Crippen LogP contribution is -1.78. The summed E-state index contributed by atoms with van der Waals surface area (Å²) in [5.41, 5.74) is 4.52. The first-order valence-electron chi connectivity index (χ1n) is 6.26. The van der Waals surface area contributed by atoms with Crippen molar-refractivity contribution in [3.63, 3.8) is 0 Å². The van der Waals surface area contributed by atoms with Crippen molar-refractivity contribution in [3.05, 3.63) is 30.0 Å². The molecule has 0 atom stereocenters. The fraction of sp³-hybridized carbons (Fsp3) is 0.667. The minimum atomic E-state index is 1.18. The second kappa shape index (κ2) is 11.3. The van der Waals surface area contributed by atoms with Gasteiger partial charge in [0.1, 0.15) is 0 Å². The van der Waals surface area contributed by atoms with Crippen molar-refractivity contribution >= 4 is 0 Å². The van der Waals surface area contributed by atoms with Crippen LogP contribution in [-0.2, 0) is 0 Å². The van der Waals surface area contributed by atoms with Crippen LogP contribution < -0.4 is 0 Å². The van der Waals surface area contributed by atoms with Crippen molar-refractivity contribution in [2.45, 2.75) is 65.2 Å². The molecule has 0 N–H and O–H groups in total. The molecule has 0 nitrogen and oxygen atoms in total. The Bertz CT molecular complexity index is 200. The minimum absolute atomic E-state index is 1.18. The number of rotatable bonds is 9. The molecule has 86 valence electrons. The number of hydrogen-bond acceptors (Lipinski definition) is 0. The largest absolute Gasteiger partial charge is 0.127 e. The van der Waals surface area contributed by atoms with Crippen molar-refractivity contribution in [2.24, 2.45) is 0 Å². The predicted molar refractivity (Wildman–Crippen MR) is 70.1 cm³/mol. The average molecular weight is 206 g/mol. The van der Waals surface area contributed by atoms with Crippen molar-refractivity contribution < 1.29 is 0 Å². The SMILES string of the molecule is C=CCCCCCCCCC=C=C(C)C. The van der Waals surface area contributed by atoms with E-state index in [4.69, 9.17) is 0 Å². The topological polar surface area (TPSA) is 0 Å². The van der Waals surface area contributed by atoms with E-state index in [1.165, 1.54) is 56.9 Å². The summed E-state index contributed by atoms with van der Waals surface area (Å²) in [6.07, 6.45) is 14.7. The van der Waals surface area contributed by atoms with Gasteiger partial charge < -0.3 is 0 Å². The first-order chi connectivity index (χ1) is 7.27. The van der Waals surface area contributed by atoms with Gasteiger partial charge in [-0.25, -0.2) is 0 Å². The first-order valence-corrected chi connectivity index (χ1v) is 6.26. The molecule has 0 aliphatic rings. The molecule has 0 spiro atoms. The zero-order valence-corrected chi connectivity index (χ0v) is 10.5. The summed E-state index contributed by atoms with van der Waals surface area (Å²) in [5.74, 6) is 0. The molecule has 0 aliphatic carbocycles. The highest BCUT2D eigenvalue weighted by Gasteiger charge is 1.89. The van der Waals surface area contributed by atoms with E-state index in [1.54, 1.807) is 0 Å². The van der Waals surface area contributed by atoms with E-state index in [0.29, 0.717) is 0 Å². The molecule has 0 radical (unpaired) electrons. The zero-order valence-electron chi connectivity index (χ0n) is 10.5. The van der Waals surface area contributed by atoms with E-state index in [1.807, 2.05) is 6.08 Å². The van der Waals surface area contributed by atoms with Gasteiger partial charge in [0.15, 0.2) is 0 Å². The van der Waals surface area contributed by atoms with E-state index in [0.717, 1.165) is 0 Å². The highest BCUT2D eigenvalue weighted by Crippen LogP contribution is 2.08. The summed E-state index contributed by atoms with van der Waals surface area (Å²) in [6.45, 7) is 7.92. The van der Waals surface area contributed by atoms with Crippen LogP contribution in [0.3, 0.4) is 0 Å². The number of hydrogen-bond donors (Lipinski definition) is 0. The summed E-state index contributed by atoms with van der Waals surface area (Å²) in [4.78, 5) is 0. The van der Waals surface area contributed by atoms with Crippen LogP contribution in [0.1, 0.15) is 65.2 Å². The molecule has 0 amide bonds. The maximum atomic E-state index is 3.73. The van der Waals surface area contributed by atoms with Gasteiger partial charge in [0.25, 0.3) is 0 Å². The fourth-order valence-electron chi connectivity index (χ4n) is 1.52. The van der Waals surface area contributed by atoms with E-state index >= 15 is 0 Å². The summed E-state index contributed by atoms with van der Waals surface area (Å²) >= 11 is 0. The van der Waals surface area contributed by atoms with Crippen molar-refractivity contribution in [1.82, 2.24) is 0 Å². The number of allylic oxidation sites excluding steroid dienone is 2. The van der Waals surface area contributed by atoms with Gasteiger partial charge in [-0.3, -0.25) is 0 Å². The summed E-state index contributed by atoms with van der Waals surface area (Å²) in [6, 6.07) is 0. The maximum Gasteiger partial charge on any atom is -0.0274 e. The van der Waals surface area contributed by atoms with E-state index in [2.05, 4.69) is 32.2 Å². The van der Waals surface area contributed by atoms with Gasteiger partial charge >= 0.3 is 0 Å². The maximum absolute atomic E-state index is 3.73. The van der Waals surface area contributed by atoms with Gasteiger partial charge in [-0.2, -0.15) is 0 Å². The molecule has 15 heavy (non-hydrogen) atoms. The van der Waals surface area contributed by atoms with E-state index in [-0.39, 0.29) is 0 Å². The van der Waals surface area contributed by atoms with Crippen LogP contribution in [0.15, 0.2) is 30.0 Å². The standard InChI is InChI=1S/C15H26/c1-4-5-6-7-8-9-10-11-12-13-14-15(2)3/h4,13H,1,5-12H2,2-3H3. The Labute approximate surface area is 95.8 Å². The van der Waals surface area contributed by atoms with Crippen LogP contribution in [-0.4, -0.2) is 0 Å². The number of unbranched alkanes of at least 4 members (excludes halogenated alkanes) is 7. The van der Waals surface area contributed by atoms with Crippen molar-refractivity contribution in [1.29, 1.82) is 0 Å². The minimum Gasteiger partial charge on any atom is -0.127 e. The van der Waals surface area contributed by atoms with Crippen LogP contribution in [0.25, 0.3) is 0 Å². The lowest BCUT2D eigenvalue weighted by atomic mass is 10.1. The smallest absolute Gasteiger partial charge is 0.0274 e. The Morgan fingerprint density at radius 2 is 1.47 bits per heavy atom. The second-order valence-corrected chi connectivity index (χ2v) is 4.34. The Hall–Kier alpha value is -0.740. The molecule has 0 fully saturated rings. The molecular formula is C15H26. The molecule has 0 aromatic carbocycles. The zero-order chi connectivity index (χ0) is 11.4. The first kappa shape index (κ1) is 14.3. The van der Waals surface area contributed by atoms with Crippen LogP contribution in [0, 0.1) is 0 Å². The van der Waals surface area contributed by atoms with Crippen LogP contribution in [0.2, 0.25) is 0 Å². The molecular weight excluding hydrogens is 180 g/mol. The summed E-state index contributed by atoms with van der Waals surface area (Å²) in [7, 11) is 0. The molecule has 0 saturated carbocycles. The van der Waals surface area contributed by atoms with E-state index < -0.39 is 0 Å². The third kappa shape index (κ3) is 13.3. The van der Waals surface area contributed by atoms with Gasteiger partial charge in [0.2, 0.25) is 0 Å². The van der Waals surface area contributed by atoms with Gasteiger partial charge in [-0.15, -0.1) is 12.3 Å². The monoisotopic (exact) mass is 206 g/mol. The quantitative estimate of drug-likeness (QED) is 0.269. The molecule has 0 heterocycles. The van der Waals surface area contributed by atoms with Crippen LogP contribution in [0.5, 0.6) is 0 Å². The average Bonchev–Trinajstić information content (AvgIpc) is 2.20. The molecule has 0 aromatic rings. The van der Waals surface area contributed by atoms with Gasteiger partial charge in [0.05, 0.1) is 0 Å². The lowest BCUT2D eigenvalue weighted by Gasteiger charge is -1.98. The fourth-order valence-corrected chi connectivity index (χ4v) is 1.52. The van der Waals surface area contributed by atoms with E-state index in [9.17, 15) is 0 Å². The molecule has 0 bridgehead atoms. The highest BCUT2D eigenvalue weighted by atomic mass is 13.9. The van der Waals surface area contributed by atoms with Crippen molar-refractivity contribution in [2.75, 3.05) is 0 Å². The molecule has 0 saturated heterocycles. The molecule has 0 unspecified atom stereocenters. The molecule has 0 aromatic heterocycles. The Balaban J connectivity index is 3.12. The predicted octanol–water partition coefficient (Wildman–Crippen LogP) is 5.41. The van der Waals surface area contributed by atoms with Crippen molar-refractivity contribution in [3.8, 4) is 0 Å². The molecule has 0 heteroatoms. The summed E-state index contributed by atoms with van der Waals surface area (Å²) < 4.78 is 0. The van der Waals surface area contributed by atoms with Crippen LogP contribution >= 0.6 is 0 Å². The third-order valence-electron chi connectivity index (χ3n) is 2.40. The second-order valence-electron chi connectivity index (χ2n) is 4.34. The lowest BCUT2D eigenvalue weighted by molar-refractivity contribution is 0.600. The summed E-state index contributed by atoms with van der Waals surface area (Å²) in [5, 5.41) is 0. The highest BCUT2D eigenvalue weighted by molar-refractivity contribution is 4.93. The van der Waals surface area contributed by atoms with Gasteiger partial charge in [0, 0.05) is 0 Å². The Morgan fingerprint density at radius 3 is 2.00 bits per heavy atom. The molecule has 0 rings (SSSR count). The normalized spacial score (nSPS) is 9.47. The third-order valence-corrected chi connectivity index (χ3v) is 2.40. The van der Waals surface area contributed by atoms with Crippen LogP contribution in [0.4, 0.5) is 0 Å². The van der Waals surface area contributed by atoms with Gasteiger partial charge in [-0.05, 0) is 51.2 Å².